The van der Waals surface area contributed by atoms with Crippen LogP contribution in [-0.2, 0) is 15.0 Å². The largest absolute Gasteiger partial charge is 0.368 e. The lowest BCUT2D eigenvalue weighted by atomic mass is 9.75. The molecule has 0 unspecified atom stereocenters. The van der Waals surface area contributed by atoms with Crippen LogP contribution in [0.25, 0.3) is 0 Å². The SMILES string of the molecule is CC(C)=CC[C@H](NC(=O)C(C)(c1ccccc1)c1ccccc1)C(N)=O. The van der Waals surface area contributed by atoms with E-state index in [0.717, 1.165) is 16.7 Å². The molecular weight excluding hydrogens is 324 g/mol. The molecule has 0 radical (unpaired) electrons. The van der Waals surface area contributed by atoms with Crippen molar-refractivity contribution in [2.75, 3.05) is 0 Å². The van der Waals surface area contributed by atoms with E-state index < -0.39 is 17.4 Å². The fourth-order valence-electron chi connectivity index (χ4n) is 2.87. The van der Waals surface area contributed by atoms with E-state index in [-0.39, 0.29) is 5.91 Å². The van der Waals surface area contributed by atoms with Crippen LogP contribution in [-0.4, -0.2) is 17.9 Å². The van der Waals surface area contributed by atoms with Gasteiger partial charge in [-0.1, -0.05) is 72.3 Å². The zero-order valence-electron chi connectivity index (χ0n) is 15.5. The summed E-state index contributed by atoms with van der Waals surface area (Å²) in [7, 11) is 0. The Balaban J connectivity index is 2.41. The molecule has 0 spiro atoms. The third-order valence-corrected chi connectivity index (χ3v) is 4.57. The summed E-state index contributed by atoms with van der Waals surface area (Å²) in [6.45, 7) is 5.75. The molecule has 4 heteroatoms. The highest BCUT2D eigenvalue weighted by atomic mass is 16.2. The van der Waals surface area contributed by atoms with Crippen LogP contribution in [0.1, 0.15) is 38.3 Å². The number of amides is 2. The smallest absolute Gasteiger partial charge is 0.240 e. The Labute approximate surface area is 155 Å². The zero-order valence-corrected chi connectivity index (χ0v) is 15.5. The first-order chi connectivity index (χ1) is 12.4. The summed E-state index contributed by atoms with van der Waals surface area (Å²) < 4.78 is 0. The number of carbonyl (C=O) groups excluding carboxylic acids is 2. The predicted octanol–water partition coefficient (Wildman–Crippen LogP) is 3.32. The Morgan fingerprint density at radius 1 is 1.00 bits per heavy atom. The van der Waals surface area contributed by atoms with E-state index in [2.05, 4.69) is 5.32 Å². The van der Waals surface area contributed by atoms with Gasteiger partial charge in [0.05, 0.1) is 5.41 Å². The van der Waals surface area contributed by atoms with Crippen LogP contribution >= 0.6 is 0 Å². The van der Waals surface area contributed by atoms with Gasteiger partial charge in [0.2, 0.25) is 11.8 Å². The van der Waals surface area contributed by atoms with Crippen LogP contribution in [0.2, 0.25) is 0 Å². The monoisotopic (exact) mass is 350 g/mol. The fourth-order valence-corrected chi connectivity index (χ4v) is 2.87. The van der Waals surface area contributed by atoms with Crippen molar-refractivity contribution in [3.8, 4) is 0 Å². The lowest BCUT2D eigenvalue weighted by Gasteiger charge is -2.31. The van der Waals surface area contributed by atoms with Crippen molar-refractivity contribution < 1.29 is 9.59 Å². The van der Waals surface area contributed by atoms with Gasteiger partial charge in [-0.25, -0.2) is 0 Å². The minimum atomic E-state index is -0.929. The first-order valence-electron chi connectivity index (χ1n) is 8.70. The van der Waals surface area contributed by atoms with E-state index in [1.54, 1.807) is 0 Å². The lowest BCUT2D eigenvalue weighted by molar-refractivity contribution is -0.129. The molecule has 2 rings (SSSR count). The summed E-state index contributed by atoms with van der Waals surface area (Å²) in [6.07, 6.45) is 2.28. The Kier molecular flexibility index (Phi) is 6.34. The van der Waals surface area contributed by atoms with Crippen LogP contribution in [0.15, 0.2) is 72.3 Å². The number of benzene rings is 2. The van der Waals surface area contributed by atoms with Crippen molar-refractivity contribution in [1.82, 2.24) is 5.32 Å². The van der Waals surface area contributed by atoms with Gasteiger partial charge in [0.1, 0.15) is 6.04 Å². The molecule has 0 aromatic heterocycles. The van der Waals surface area contributed by atoms with Gasteiger partial charge >= 0.3 is 0 Å². The molecule has 2 aromatic rings. The second kappa shape index (κ2) is 8.48. The normalized spacial score (nSPS) is 12.1. The van der Waals surface area contributed by atoms with E-state index in [1.807, 2.05) is 87.5 Å². The van der Waals surface area contributed by atoms with E-state index in [1.165, 1.54) is 0 Å². The number of hydrogen-bond acceptors (Lipinski definition) is 2. The van der Waals surface area contributed by atoms with Crippen LogP contribution in [0.5, 0.6) is 0 Å². The van der Waals surface area contributed by atoms with Crippen molar-refractivity contribution in [3.63, 3.8) is 0 Å². The Hall–Kier alpha value is -2.88. The second-order valence-electron chi connectivity index (χ2n) is 6.80. The maximum atomic E-state index is 13.3. The van der Waals surface area contributed by atoms with Gasteiger partial charge in [0, 0.05) is 0 Å². The number of hydrogen-bond donors (Lipinski definition) is 2. The van der Waals surface area contributed by atoms with Crippen LogP contribution in [0.3, 0.4) is 0 Å². The molecule has 2 amide bonds. The minimum absolute atomic E-state index is 0.249. The molecule has 0 aliphatic rings. The molecule has 0 aliphatic heterocycles. The number of primary amides is 1. The molecule has 136 valence electrons. The molecule has 0 saturated carbocycles. The van der Waals surface area contributed by atoms with Crippen molar-refractivity contribution in [2.24, 2.45) is 5.73 Å². The number of rotatable bonds is 7. The van der Waals surface area contributed by atoms with Crippen LogP contribution < -0.4 is 11.1 Å². The molecule has 2 aromatic carbocycles. The van der Waals surface area contributed by atoms with Gasteiger partial charge in [-0.3, -0.25) is 9.59 Å². The molecule has 4 nitrogen and oxygen atoms in total. The average molecular weight is 350 g/mol. The van der Waals surface area contributed by atoms with Gasteiger partial charge in [0.15, 0.2) is 0 Å². The zero-order chi connectivity index (χ0) is 19.2. The van der Waals surface area contributed by atoms with Crippen molar-refractivity contribution in [3.05, 3.63) is 83.4 Å². The molecular formula is C22H26N2O2. The number of nitrogens with two attached hydrogens (primary N) is 1. The van der Waals surface area contributed by atoms with E-state index >= 15 is 0 Å². The topological polar surface area (TPSA) is 72.2 Å². The van der Waals surface area contributed by atoms with E-state index in [4.69, 9.17) is 5.73 Å². The van der Waals surface area contributed by atoms with Gasteiger partial charge in [-0.05, 0) is 38.3 Å². The third-order valence-electron chi connectivity index (χ3n) is 4.57. The lowest BCUT2D eigenvalue weighted by Crippen LogP contribution is -2.51. The van der Waals surface area contributed by atoms with E-state index in [0.29, 0.717) is 6.42 Å². The van der Waals surface area contributed by atoms with Crippen LogP contribution in [0, 0.1) is 0 Å². The standard InChI is InChI=1S/C22H26N2O2/c1-16(2)14-15-19(20(23)25)24-21(26)22(3,17-10-6-4-7-11-17)18-12-8-5-9-13-18/h4-14,19H,15H2,1-3H3,(H2,23,25)(H,24,26)/t19-/m0/s1. The molecule has 1 atom stereocenters. The predicted molar refractivity (Wildman–Crippen MR) is 105 cm³/mol. The first-order valence-corrected chi connectivity index (χ1v) is 8.70. The van der Waals surface area contributed by atoms with Gasteiger partial charge in [-0.15, -0.1) is 0 Å². The molecule has 0 aliphatic carbocycles. The van der Waals surface area contributed by atoms with Gasteiger partial charge < -0.3 is 11.1 Å². The first kappa shape index (κ1) is 19.4. The Morgan fingerprint density at radius 2 is 1.46 bits per heavy atom. The number of carbonyl (C=O) groups is 2. The van der Waals surface area contributed by atoms with Crippen molar-refractivity contribution >= 4 is 11.8 Å². The molecule has 0 saturated heterocycles. The summed E-state index contributed by atoms with van der Waals surface area (Å²) in [5, 5.41) is 2.85. The summed E-state index contributed by atoms with van der Waals surface area (Å²) >= 11 is 0. The van der Waals surface area contributed by atoms with Crippen LogP contribution in [0.4, 0.5) is 0 Å². The van der Waals surface area contributed by atoms with Gasteiger partial charge in [0.25, 0.3) is 0 Å². The summed E-state index contributed by atoms with van der Waals surface area (Å²) in [6, 6.07) is 18.4. The van der Waals surface area contributed by atoms with Crippen molar-refractivity contribution in [2.45, 2.75) is 38.6 Å². The quantitative estimate of drug-likeness (QED) is 0.752. The highest BCUT2D eigenvalue weighted by molar-refractivity contribution is 5.95. The minimum Gasteiger partial charge on any atom is -0.368 e. The molecule has 0 fully saturated rings. The summed E-state index contributed by atoms with van der Waals surface area (Å²) in [4.78, 5) is 25.1. The maximum absolute atomic E-state index is 13.3. The summed E-state index contributed by atoms with van der Waals surface area (Å²) in [5.74, 6) is -0.792. The number of nitrogens with one attached hydrogen (secondary N) is 1. The highest BCUT2D eigenvalue weighted by Gasteiger charge is 2.38. The highest BCUT2D eigenvalue weighted by Crippen LogP contribution is 2.32. The second-order valence-corrected chi connectivity index (χ2v) is 6.80. The molecule has 3 N–H and O–H groups in total. The number of allylic oxidation sites excluding steroid dienone is 1. The van der Waals surface area contributed by atoms with E-state index in [9.17, 15) is 9.59 Å². The molecule has 0 bridgehead atoms. The Bertz CT molecular complexity index is 739. The molecule has 0 heterocycles. The van der Waals surface area contributed by atoms with Crippen molar-refractivity contribution in [1.29, 1.82) is 0 Å². The van der Waals surface area contributed by atoms with Gasteiger partial charge in [-0.2, -0.15) is 0 Å². The fraction of sp³-hybridized carbons (Fsp3) is 0.273. The average Bonchev–Trinajstić information content (AvgIpc) is 2.65. The third kappa shape index (κ3) is 4.39. The molecule has 26 heavy (non-hydrogen) atoms. The Morgan fingerprint density at radius 3 is 1.85 bits per heavy atom. The summed E-state index contributed by atoms with van der Waals surface area (Å²) in [5.41, 5.74) is 7.36. The maximum Gasteiger partial charge on any atom is 0.240 e.